The molecule has 5 heteroatoms. The van der Waals surface area contributed by atoms with E-state index in [1.807, 2.05) is 44.2 Å². The van der Waals surface area contributed by atoms with E-state index in [1.54, 1.807) is 4.57 Å². The van der Waals surface area contributed by atoms with Crippen molar-refractivity contribution in [3.8, 4) is 11.8 Å². The van der Waals surface area contributed by atoms with E-state index < -0.39 is 0 Å². The van der Waals surface area contributed by atoms with Crippen molar-refractivity contribution >= 4 is 0 Å². The molecule has 96 valence electrons. The summed E-state index contributed by atoms with van der Waals surface area (Å²) in [6.07, 6.45) is -0.313. The molecular weight excluding hydrogens is 230 g/mol. The van der Waals surface area contributed by atoms with Gasteiger partial charge in [-0.25, -0.2) is 0 Å². The number of rotatable bonds is 4. The molecule has 2 rings (SSSR count). The summed E-state index contributed by atoms with van der Waals surface area (Å²) >= 11 is 0. The molecule has 0 amide bonds. The highest BCUT2D eigenvalue weighted by Crippen LogP contribution is 2.25. The van der Waals surface area contributed by atoms with E-state index in [9.17, 15) is 5.11 Å². The monoisotopic (exact) mass is 247 g/mol. The van der Waals surface area contributed by atoms with Crippen LogP contribution >= 0.6 is 0 Å². The Morgan fingerprint density at radius 1 is 1.39 bits per heavy atom. The Kier molecular flexibility index (Phi) is 3.64. The van der Waals surface area contributed by atoms with Crippen molar-refractivity contribution in [1.82, 2.24) is 9.55 Å². The lowest BCUT2D eigenvalue weighted by atomic mass is 10.3. The first-order valence-corrected chi connectivity index (χ1v) is 5.80. The zero-order valence-corrected chi connectivity index (χ0v) is 10.5. The second-order valence-electron chi connectivity index (χ2n) is 4.11. The molecule has 18 heavy (non-hydrogen) atoms. The summed E-state index contributed by atoms with van der Waals surface area (Å²) in [7, 11) is 0. The fourth-order valence-corrected chi connectivity index (χ4v) is 1.83. The topological polar surface area (TPSA) is 73.3 Å². The molecule has 5 nitrogen and oxygen atoms in total. The minimum atomic E-state index is -0.313. The summed E-state index contributed by atoms with van der Waals surface area (Å²) in [6.45, 7) is 3.53. The average Bonchev–Trinajstić information content (AvgIpc) is 2.66. The van der Waals surface area contributed by atoms with Gasteiger partial charge < -0.3 is 15.6 Å². The van der Waals surface area contributed by atoms with Gasteiger partial charge in [-0.1, -0.05) is 18.2 Å². The number of aromatic nitrogens is 2. The number of ether oxygens (including phenoxy) is 1. The average molecular weight is 247 g/mol. The highest BCUT2D eigenvalue weighted by Gasteiger charge is 2.17. The minimum absolute atomic E-state index is 0.113. The second-order valence-corrected chi connectivity index (χ2v) is 4.11. The van der Waals surface area contributed by atoms with Crippen LogP contribution in [-0.2, 0) is 6.61 Å². The van der Waals surface area contributed by atoms with Gasteiger partial charge in [0.25, 0.3) is 0 Å². The first kappa shape index (κ1) is 12.6. The maximum absolute atomic E-state index is 9.36. The fourth-order valence-electron chi connectivity index (χ4n) is 1.83. The van der Waals surface area contributed by atoms with E-state index in [4.69, 9.17) is 10.5 Å². The fraction of sp³-hybridized carbons (Fsp3) is 0.308. The van der Waals surface area contributed by atoms with Gasteiger partial charge in [0.2, 0.25) is 0 Å². The molecule has 2 aromatic rings. The number of benzene rings is 1. The largest absolute Gasteiger partial charge is 0.425 e. The van der Waals surface area contributed by atoms with Gasteiger partial charge in [-0.05, 0) is 26.0 Å². The zero-order valence-electron chi connectivity index (χ0n) is 10.5. The van der Waals surface area contributed by atoms with E-state index in [1.165, 1.54) is 0 Å². The molecular formula is C13H17N3O2. The van der Waals surface area contributed by atoms with Crippen LogP contribution in [0.2, 0.25) is 0 Å². The quantitative estimate of drug-likeness (QED) is 0.866. The van der Waals surface area contributed by atoms with Gasteiger partial charge in [0.15, 0.2) is 0 Å². The molecule has 0 saturated heterocycles. The number of hydrogen-bond donors (Lipinski definition) is 2. The molecule has 3 N–H and O–H groups in total. The lowest BCUT2D eigenvalue weighted by Crippen LogP contribution is -2.18. The molecule has 0 fully saturated rings. The number of aliphatic hydroxyl groups excluding tert-OH is 1. The third kappa shape index (κ3) is 2.37. The lowest BCUT2D eigenvalue weighted by Gasteiger charge is -2.14. The molecule has 0 bridgehead atoms. The molecule has 0 saturated carbocycles. The van der Waals surface area contributed by atoms with Crippen LogP contribution < -0.4 is 10.5 Å². The molecule has 1 atom stereocenters. The van der Waals surface area contributed by atoms with Crippen molar-refractivity contribution in [3.63, 3.8) is 0 Å². The third-order valence-electron chi connectivity index (χ3n) is 2.69. The van der Waals surface area contributed by atoms with Crippen molar-refractivity contribution in [2.75, 3.05) is 0 Å². The van der Waals surface area contributed by atoms with E-state index in [0.29, 0.717) is 17.5 Å². The predicted octanol–water partition coefficient (Wildman–Crippen LogP) is 1.95. The minimum Gasteiger partial charge on any atom is -0.425 e. The van der Waals surface area contributed by atoms with E-state index in [-0.39, 0.29) is 12.8 Å². The van der Waals surface area contributed by atoms with Gasteiger partial charge in [-0.2, -0.15) is 4.98 Å². The smallest absolute Gasteiger partial charge is 0.303 e. The summed E-state index contributed by atoms with van der Waals surface area (Å²) in [4.78, 5) is 4.30. The molecule has 0 aliphatic carbocycles. The van der Waals surface area contributed by atoms with Crippen LogP contribution in [0, 0.1) is 6.92 Å². The number of imidazole rings is 1. The highest BCUT2D eigenvalue weighted by molar-refractivity contribution is 5.27. The molecule has 1 unspecified atom stereocenters. The SMILES string of the molecule is Cc1nc(Oc2ccccc2)n(C(C)N)c1CO. The summed E-state index contributed by atoms with van der Waals surface area (Å²) in [5.41, 5.74) is 7.29. The van der Waals surface area contributed by atoms with E-state index in [0.717, 1.165) is 5.69 Å². The standard InChI is InChI=1S/C13H17N3O2/c1-9-12(8-17)16(10(2)14)13(15-9)18-11-6-4-3-5-7-11/h3-7,10,17H,8,14H2,1-2H3. The summed E-state index contributed by atoms with van der Waals surface area (Å²) in [6, 6.07) is 9.76. The Bertz CT molecular complexity index is 521. The number of hydrogen-bond acceptors (Lipinski definition) is 4. The van der Waals surface area contributed by atoms with Gasteiger partial charge in [0.05, 0.1) is 24.2 Å². The maximum Gasteiger partial charge on any atom is 0.303 e. The summed E-state index contributed by atoms with van der Waals surface area (Å²) in [5, 5.41) is 9.36. The molecule has 0 aliphatic heterocycles. The molecule has 0 aliphatic rings. The Morgan fingerprint density at radius 3 is 2.61 bits per heavy atom. The Morgan fingerprint density at radius 2 is 2.06 bits per heavy atom. The van der Waals surface area contributed by atoms with Gasteiger partial charge in [-0.3, -0.25) is 4.57 Å². The maximum atomic E-state index is 9.36. The first-order valence-electron chi connectivity index (χ1n) is 5.80. The molecule has 0 spiro atoms. The van der Waals surface area contributed by atoms with Gasteiger partial charge in [0.1, 0.15) is 5.75 Å². The van der Waals surface area contributed by atoms with E-state index >= 15 is 0 Å². The number of para-hydroxylation sites is 1. The normalized spacial score (nSPS) is 12.4. The number of aryl methyl sites for hydroxylation is 1. The van der Waals surface area contributed by atoms with Crippen LogP contribution in [0.15, 0.2) is 30.3 Å². The van der Waals surface area contributed by atoms with Crippen LogP contribution in [0.4, 0.5) is 0 Å². The lowest BCUT2D eigenvalue weighted by molar-refractivity contribution is 0.262. The number of nitrogens with zero attached hydrogens (tertiary/aromatic N) is 2. The van der Waals surface area contributed by atoms with Gasteiger partial charge in [0, 0.05) is 0 Å². The second kappa shape index (κ2) is 5.20. The van der Waals surface area contributed by atoms with Crippen molar-refractivity contribution in [2.45, 2.75) is 26.6 Å². The zero-order chi connectivity index (χ0) is 13.1. The molecule has 1 heterocycles. The van der Waals surface area contributed by atoms with Crippen LogP contribution in [0.5, 0.6) is 11.8 Å². The van der Waals surface area contributed by atoms with Crippen LogP contribution in [0.25, 0.3) is 0 Å². The first-order chi connectivity index (χ1) is 8.63. The van der Waals surface area contributed by atoms with Crippen LogP contribution in [0.1, 0.15) is 24.5 Å². The van der Waals surface area contributed by atoms with E-state index in [2.05, 4.69) is 4.98 Å². The van der Waals surface area contributed by atoms with Crippen molar-refractivity contribution in [2.24, 2.45) is 5.73 Å². The van der Waals surface area contributed by atoms with Crippen molar-refractivity contribution in [3.05, 3.63) is 41.7 Å². The van der Waals surface area contributed by atoms with Gasteiger partial charge >= 0.3 is 6.01 Å². The van der Waals surface area contributed by atoms with Crippen LogP contribution in [-0.4, -0.2) is 14.7 Å². The highest BCUT2D eigenvalue weighted by atomic mass is 16.5. The van der Waals surface area contributed by atoms with Crippen molar-refractivity contribution < 1.29 is 9.84 Å². The Hall–Kier alpha value is -1.85. The summed E-state index contributed by atoms with van der Waals surface area (Å²) in [5.74, 6) is 0.689. The Labute approximate surface area is 106 Å². The molecule has 0 radical (unpaired) electrons. The predicted molar refractivity (Wildman–Crippen MR) is 68.3 cm³/mol. The third-order valence-corrected chi connectivity index (χ3v) is 2.69. The van der Waals surface area contributed by atoms with Crippen LogP contribution in [0.3, 0.4) is 0 Å². The molecule has 1 aromatic heterocycles. The molecule has 1 aromatic carbocycles. The number of nitrogens with two attached hydrogens (primary N) is 1. The van der Waals surface area contributed by atoms with Crippen molar-refractivity contribution in [1.29, 1.82) is 0 Å². The summed E-state index contributed by atoms with van der Waals surface area (Å²) < 4.78 is 7.39. The van der Waals surface area contributed by atoms with Gasteiger partial charge in [-0.15, -0.1) is 0 Å². The Balaban J connectivity index is 2.39. The number of aliphatic hydroxyl groups is 1.